The number of amides is 1. The van der Waals surface area contributed by atoms with E-state index in [4.69, 9.17) is 17.3 Å². The second-order valence-electron chi connectivity index (χ2n) is 4.38. The lowest BCUT2D eigenvalue weighted by Crippen LogP contribution is -2.49. The largest absolute Gasteiger partial charge is 0.350 e. The number of rotatable bonds is 5. The summed E-state index contributed by atoms with van der Waals surface area (Å²) < 4.78 is 0.847. The Hall–Kier alpha value is -0.580. The van der Waals surface area contributed by atoms with Gasteiger partial charge in [0.05, 0.1) is 10.6 Å². The Morgan fingerprint density at radius 1 is 1.44 bits per heavy atom. The van der Waals surface area contributed by atoms with Crippen molar-refractivity contribution in [1.29, 1.82) is 0 Å². The minimum atomic E-state index is -0.350. The van der Waals surface area contributed by atoms with Crippen molar-refractivity contribution in [2.45, 2.75) is 32.2 Å². The zero-order valence-corrected chi connectivity index (χ0v) is 12.9. The van der Waals surface area contributed by atoms with E-state index in [0.717, 1.165) is 17.3 Å². The Labute approximate surface area is 121 Å². The molecule has 0 radical (unpaired) electrons. The van der Waals surface area contributed by atoms with Crippen molar-refractivity contribution in [2.24, 2.45) is 5.73 Å². The van der Waals surface area contributed by atoms with Gasteiger partial charge in [0.25, 0.3) is 5.91 Å². The summed E-state index contributed by atoms with van der Waals surface area (Å²) in [6.07, 6.45) is 1.63. The van der Waals surface area contributed by atoms with Gasteiger partial charge in [-0.05, 0) is 31.0 Å². The minimum absolute atomic E-state index is 0.191. The van der Waals surface area contributed by atoms with Crippen molar-refractivity contribution in [3.8, 4) is 0 Å². The normalized spacial score (nSPS) is 11.4. The van der Waals surface area contributed by atoms with Gasteiger partial charge in [-0.25, -0.2) is 0 Å². The van der Waals surface area contributed by atoms with E-state index in [2.05, 4.69) is 21.2 Å². The average Bonchev–Trinajstić information content (AvgIpc) is 2.35. The van der Waals surface area contributed by atoms with Crippen LogP contribution in [0.4, 0.5) is 0 Å². The fourth-order valence-corrected chi connectivity index (χ4v) is 2.28. The summed E-state index contributed by atoms with van der Waals surface area (Å²) in [7, 11) is 0. The molecule has 0 aliphatic carbocycles. The Morgan fingerprint density at radius 3 is 2.56 bits per heavy atom. The molecule has 0 spiro atoms. The summed E-state index contributed by atoms with van der Waals surface area (Å²) >= 11 is 9.32. The molecule has 0 aliphatic rings. The molecule has 0 aliphatic heterocycles. The van der Waals surface area contributed by atoms with Crippen LogP contribution in [-0.2, 0) is 0 Å². The molecule has 0 saturated carbocycles. The van der Waals surface area contributed by atoms with Crippen LogP contribution in [-0.4, -0.2) is 18.0 Å². The molecule has 0 unspecified atom stereocenters. The second-order valence-corrected chi connectivity index (χ2v) is 5.70. The van der Waals surface area contributed by atoms with Gasteiger partial charge in [-0.2, -0.15) is 0 Å². The summed E-state index contributed by atoms with van der Waals surface area (Å²) in [5.41, 5.74) is 6.25. The third kappa shape index (κ3) is 3.97. The first-order valence-electron chi connectivity index (χ1n) is 5.94. The van der Waals surface area contributed by atoms with Crippen molar-refractivity contribution in [3.63, 3.8) is 0 Å². The maximum Gasteiger partial charge on any atom is 0.252 e. The summed E-state index contributed by atoms with van der Waals surface area (Å²) in [6.45, 7) is 4.48. The predicted molar refractivity (Wildman–Crippen MR) is 79.0 cm³/mol. The topological polar surface area (TPSA) is 55.1 Å². The van der Waals surface area contributed by atoms with E-state index in [1.54, 1.807) is 18.2 Å². The average molecular weight is 334 g/mol. The van der Waals surface area contributed by atoms with E-state index in [1.807, 2.05) is 13.8 Å². The number of carbonyl (C=O) groups is 1. The fraction of sp³-hybridized carbons (Fsp3) is 0.462. The van der Waals surface area contributed by atoms with Crippen LogP contribution in [0.2, 0.25) is 5.02 Å². The first kappa shape index (κ1) is 15.5. The molecule has 1 amide bonds. The van der Waals surface area contributed by atoms with E-state index in [-0.39, 0.29) is 11.4 Å². The van der Waals surface area contributed by atoms with Crippen molar-refractivity contribution in [1.82, 2.24) is 5.32 Å². The highest BCUT2D eigenvalue weighted by Gasteiger charge is 2.21. The van der Waals surface area contributed by atoms with E-state index in [1.165, 1.54) is 0 Å². The number of nitrogens with two attached hydrogens (primary N) is 1. The third-order valence-corrected chi connectivity index (χ3v) is 3.99. The maximum absolute atomic E-state index is 12.0. The number of nitrogens with one attached hydrogen (secondary N) is 1. The summed E-state index contributed by atoms with van der Waals surface area (Å²) in [5, 5.41) is 3.27. The molecule has 0 heterocycles. The molecular formula is C13H18BrClN2O. The fourth-order valence-electron chi connectivity index (χ4n) is 1.53. The van der Waals surface area contributed by atoms with Crippen LogP contribution in [0.25, 0.3) is 0 Å². The molecule has 0 bridgehead atoms. The molecule has 18 heavy (non-hydrogen) atoms. The Kier molecular flexibility index (Phi) is 5.63. The predicted octanol–water partition coefficient (Wildman–Crippen LogP) is 3.35. The third-order valence-electron chi connectivity index (χ3n) is 3.19. The molecule has 3 N–H and O–H groups in total. The SMILES string of the molecule is CCC(N)(CC)CNC(=O)c1ccc(Br)cc1Cl. The second kappa shape index (κ2) is 6.55. The molecule has 0 fully saturated rings. The van der Waals surface area contributed by atoms with E-state index < -0.39 is 0 Å². The molecule has 1 aromatic rings. The van der Waals surface area contributed by atoms with Crippen LogP contribution in [0.15, 0.2) is 22.7 Å². The van der Waals surface area contributed by atoms with Crippen molar-refractivity contribution in [2.75, 3.05) is 6.54 Å². The van der Waals surface area contributed by atoms with Gasteiger partial charge in [-0.3, -0.25) is 4.79 Å². The lowest BCUT2D eigenvalue weighted by Gasteiger charge is -2.26. The highest BCUT2D eigenvalue weighted by atomic mass is 79.9. The van der Waals surface area contributed by atoms with Gasteiger partial charge in [-0.15, -0.1) is 0 Å². The minimum Gasteiger partial charge on any atom is -0.350 e. The Bertz CT molecular complexity index is 433. The number of halogens is 2. The van der Waals surface area contributed by atoms with Crippen LogP contribution in [0.3, 0.4) is 0 Å². The molecule has 0 saturated heterocycles. The molecule has 1 rings (SSSR count). The highest BCUT2D eigenvalue weighted by molar-refractivity contribution is 9.10. The first-order chi connectivity index (χ1) is 8.41. The number of hydrogen-bond acceptors (Lipinski definition) is 2. The van der Waals surface area contributed by atoms with E-state index >= 15 is 0 Å². The summed E-state index contributed by atoms with van der Waals surface area (Å²) in [5.74, 6) is -0.191. The molecule has 1 aromatic carbocycles. The van der Waals surface area contributed by atoms with Gasteiger partial charge < -0.3 is 11.1 Å². The molecule has 0 aromatic heterocycles. The first-order valence-corrected chi connectivity index (χ1v) is 7.11. The molecule has 100 valence electrons. The Balaban J connectivity index is 2.71. The lowest BCUT2D eigenvalue weighted by molar-refractivity contribution is 0.0942. The lowest BCUT2D eigenvalue weighted by atomic mass is 9.94. The zero-order chi connectivity index (χ0) is 13.8. The monoisotopic (exact) mass is 332 g/mol. The zero-order valence-electron chi connectivity index (χ0n) is 10.6. The number of hydrogen-bond donors (Lipinski definition) is 2. The summed E-state index contributed by atoms with van der Waals surface area (Å²) in [6, 6.07) is 5.18. The van der Waals surface area contributed by atoms with Crippen molar-refractivity contribution < 1.29 is 4.79 Å². The molecule has 0 atom stereocenters. The Morgan fingerprint density at radius 2 is 2.06 bits per heavy atom. The maximum atomic E-state index is 12.0. The van der Waals surface area contributed by atoms with Crippen LogP contribution >= 0.6 is 27.5 Å². The van der Waals surface area contributed by atoms with Crippen LogP contribution in [0.1, 0.15) is 37.0 Å². The van der Waals surface area contributed by atoms with E-state index in [0.29, 0.717) is 17.1 Å². The van der Waals surface area contributed by atoms with Gasteiger partial charge in [0.1, 0.15) is 0 Å². The standard InChI is InChI=1S/C13H18BrClN2O/c1-3-13(16,4-2)8-17-12(18)10-6-5-9(14)7-11(10)15/h5-7H,3-4,8,16H2,1-2H3,(H,17,18). The van der Waals surface area contributed by atoms with Crippen molar-refractivity contribution in [3.05, 3.63) is 33.3 Å². The molecule has 5 heteroatoms. The number of carbonyl (C=O) groups excluding carboxylic acids is 1. The number of benzene rings is 1. The molecule has 3 nitrogen and oxygen atoms in total. The van der Waals surface area contributed by atoms with Crippen molar-refractivity contribution >= 4 is 33.4 Å². The quantitative estimate of drug-likeness (QED) is 0.868. The van der Waals surface area contributed by atoms with Gasteiger partial charge in [-0.1, -0.05) is 41.4 Å². The van der Waals surface area contributed by atoms with Gasteiger partial charge in [0.2, 0.25) is 0 Å². The van der Waals surface area contributed by atoms with E-state index in [9.17, 15) is 4.79 Å². The highest BCUT2D eigenvalue weighted by Crippen LogP contribution is 2.21. The van der Waals surface area contributed by atoms with Gasteiger partial charge >= 0.3 is 0 Å². The van der Waals surface area contributed by atoms with Gasteiger partial charge in [0.15, 0.2) is 0 Å². The smallest absolute Gasteiger partial charge is 0.252 e. The van der Waals surface area contributed by atoms with Crippen LogP contribution in [0, 0.1) is 0 Å². The van der Waals surface area contributed by atoms with Crippen LogP contribution in [0.5, 0.6) is 0 Å². The molecular weight excluding hydrogens is 316 g/mol. The summed E-state index contributed by atoms with van der Waals surface area (Å²) in [4.78, 5) is 12.0. The van der Waals surface area contributed by atoms with Gasteiger partial charge in [0, 0.05) is 16.6 Å². The van der Waals surface area contributed by atoms with Crippen LogP contribution < -0.4 is 11.1 Å².